The molecule has 42 heteroatoms. The molecule has 0 spiro atoms. The van der Waals surface area contributed by atoms with Crippen LogP contribution in [0.4, 0.5) is 4.39 Å². The molecule has 11 rings (SSSR count). The minimum Gasteiger partial charge on any atom is -0.379 e. The lowest BCUT2D eigenvalue weighted by molar-refractivity contribution is -0.200. The number of amides is 6. The molecule has 3 unspecified atom stereocenters. The van der Waals surface area contributed by atoms with E-state index in [9.17, 15) is 68.0 Å². The number of alkyl halides is 1. The number of nitrogens with one attached hydrogen (secondary N) is 2. The normalized spacial score (nSPS) is 16.7. The average Bonchev–Trinajstić information content (AvgIpc) is 1.29. The molecule has 130 heavy (non-hydrogen) atoms. The summed E-state index contributed by atoms with van der Waals surface area (Å²) < 4.78 is 126. The van der Waals surface area contributed by atoms with E-state index < -0.39 is 85.3 Å². The number of likely N-dealkylation sites (N-methyl/N-ethyl adjacent to an activating group) is 5. The highest BCUT2D eigenvalue weighted by Crippen LogP contribution is 2.42. The summed E-state index contributed by atoms with van der Waals surface area (Å²) >= 11 is 38.4. The van der Waals surface area contributed by atoms with Crippen LogP contribution in [0.5, 0.6) is 0 Å². The summed E-state index contributed by atoms with van der Waals surface area (Å²) in [5, 5.41) is 9.99. The molecule has 2 saturated heterocycles. The molecule has 5 heterocycles. The Bertz CT molecular complexity index is 4940. The van der Waals surface area contributed by atoms with Gasteiger partial charge in [0.05, 0.1) is 126 Å². The van der Waals surface area contributed by atoms with Crippen molar-refractivity contribution >= 4 is 146 Å². The molecule has 4 N–H and O–H groups in total. The Morgan fingerprint density at radius 1 is 0.423 bits per heavy atom. The topological polar surface area (TPSA) is 386 Å². The van der Waals surface area contributed by atoms with Crippen molar-refractivity contribution in [2.45, 2.75) is 97.0 Å². The number of benzene rings is 6. The van der Waals surface area contributed by atoms with Gasteiger partial charge in [0.25, 0.3) is 23.6 Å². The fourth-order valence-corrected chi connectivity index (χ4v) is 20.4. The predicted octanol–water partition coefficient (Wildman–Crippen LogP) is 9.16. The Hall–Kier alpha value is -7.48. The van der Waals surface area contributed by atoms with Crippen LogP contribution < -0.4 is 16.4 Å². The number of ether oxygens (including phenoxy) is 6. The van der Waals surface area contributed by atoms with Gasteiger partial charge in [-0.25, -0.2) is 34.8 Å². The van der Waals surface area contributed by atoms with E-state index >= 15 is 0 Å². The molecule has 0 saturated carbocycles. The fraction of sp³-hybridized carbons (Fsp3) is 0.500. The van der Waals surface area contributed by atoms with Crippen LogP contribution in [-0.4, -0.2) is 312 Å². The third-order valence-corrected chi connectivity index (χ3v) is 28.2. The first-order valence-electron chi connectivity index (χ1n) is 42.6. The molecule has 0 aromatic heterocycles. The standard InChI is InChI=1S/C51H65Cl4N5O10S2.C23H30Cl2N2O4S.C13H15N3O8.CH3F/c1-58-30-44(42-26-38(52)28-48(54)46(42)32-58)36-6-10-40(11-7-36)71(63,64)24-4-16-67-20-22-69-18-14-56-50(61)34-60(3)35-51(62)57-15-19-70-23-21-68-17-5-25-72(65,66)41-12-8-37(9-13-41)45-31-59(2)33-47-43(45)27-39(53)29-49(47)55;1-27-15-21(20-13-18(24)14-23(25)22(20)16-27)17-3-5-19(6-4-17)32(28,29)12-2-8-30-10-11-31-9-7-26;1-14(6-12(21)23-15-8(17)2-3-9(15)18)7-13(22)24-16-10(19)4-5-11(16)20;1-2/h6-13,26-29,44-45H,4-5,14-25,30-35H2,1-3H3,(H,56,61)(H,57,62);3-6,13-14,21H,2,7-12,15-16,26H2,1H3;2-7H2,1H3;1H3/i;;;1D. The highest BCUT2D eigenvalue weighted by atomic mass is 35.5. The van der Waals surface area contributed by atoms with Crippen LogP contribution in [0.2, 0.25) is 30.1 Å². The maximum absolute atomic E-state index is 13.0. The molecular formula is C88H113Cl6FN10O22S3. The van der Waals surface area contributed by atoms with Gasteiger partial charge in [0, 0.05) is 152 Å². The van der Waals surface area contributed by atoms with Crippen LogP contribution in [0.25, 0.3) is 0 Å². The molecule has 6 amide bonds. The van der Waals surface area contributed by atoms with Crippen LogP contribution in [0.1, 0.15) is 114 Å². The number of fused-ring (bicyclic) bond motifs is 3. The van der Waals surface area contributed by atoms with E-state index in [0.29, 0.717) is 97.4 Å². The van der Waals surface area contributed by atoms with E-state index in [-0.39, 0.29) is 161 Å². The number of hydrogen-bond donors (Lipinski definition) is 3. The molecule has 6 aromatic rings. The van der Waals surface area contributed by atoms with Crippen molar-refractivity contribution in [3.05, 3.63) is 189 Å². The van der Waals surface area contributed by atoms with E-state index in [4.69, 9.17) is 105 Å². The van der Waals surface area contributed by atoms with Crippen LogP contribution in [-0.2, 0) is 126 Å². The number of imide groups is 2. The SMILES string of the molecule is CN(CC(=O)NCCOCCOCCCS(=O)(=O)c1ccc(C2CN(C)Cc3c(Cl)cc(Cl)cc32)cc1)CC(=O)NCCOCCOCCCS(=O)(=O)c1ccc(C2CN(C)Cc3c(Cl)cc(Cl)cc32)cc1.CN(CC(=O)ON1C(=O)CCC1=O)CC(=O)ON1C(=O)CCC1=O.CN1Cc2c(Cl)cc(Cl)cc2C(c2ccc(S(=O)(=O)CCCOCCOCCN)cc2)C1.[2H]CF. The number of carbonyl (C=O) groups is 8. The highest BCUT2D eigenvalue weighted by molar-refractivity contribution is 7.92. The minimum absolute atomic E-state index is 0.0162. The monoisotopic (exact) mass is 1990 g/mol. The number of nitrogens with zero attached hydrogens (tertiary/aromatic N) is 7. The van der Waals surface area contributed by atoms with E-state index in [1.54, 1.807) is 66.5 Å². The molecule has 0 bridgehead atoms. The van der Waals surface area contributed by atoms with Crippen LogP contribution in [0.15, 0.2) is 124 Å². The number of halogens is 7. The summed E-state index contributed by atoms with van der Waals surface area (Å²) in [6.45, 7) is 8.69. The van der Waals surface area contributed by atoms with Gasteiger partial charge in [0.2, 0.25) is 11.8 Å². The smallest absolute Gasteiger partial charge is 0.347 e. The summed E-state index contributed by atoms with van der Waals surface area (Å²) in [4.78, 5) is 113. The zero-order valence-electron chi connectivity index (χ0n) is 74.1. The van der Waals surface area contributed by atoms with Crippen molar-refractivity contribution in [3.8, 4) is 0 Å². The lowest BCUT2D eigenvalue weighted by Gasteiger charge is -2.33. The second-order valence-electron chi connectivity index (χ2n) is 31.4. The molecule has 714 valence electrons. The van der Waals surface area contributed by atoms with Crippen molar-refractivity contribution in [3.63, 3.8) is 0 Å². The summed E-state index contributed by atoms with van der Waals surface area (Å²) in [5.41, 5.74) is 14.7. The maximum atomic E-state index is 13.0. The van der Waals surface area contributed by atoms with Crippen molar-refractivity contribution in [2.75, 3.05) is 204 Å². The molecular weight excluding hydrogens is 1880 g/mol. The van der Waals surface area contributed by atoms with Gasteiger partial charge in [0.15, 0.2) is 29.5 Å². The number of sulfone groups is 3. The quantitative estimate of drug-likeness (QED) is 0.0237. The molecule has 5 aliphatic rings. The van der Waals surface area contributed by atoms with Gasteiger partial charge in [-0.15, -0.1) is 10.1 Å². The number of nitrogens with two attached hydrogens (primary N) is 1. The van der Waals surface area contributed by atoms with Crippen molar-refractivity contribution in [1.29, 1.82) is 0 Å². The highest BCUT2D eigenvalue weighted by Gasteiger charge is 2.37. The molecule has 32 nitrogen and oxygen atoms in total. The van der Waals surface area contributed by atoms with Gasteiger partial charge >= 0.3 is 11.9 Å². The van der Waals surface area contributed by atoms with E-state index in [2.05, 4.69) is 35.0 Å². The Kier molecular flexibility index (Phi) is 43.8. The first kappa shape index (κ1) is 106. The fourth-order valence-electron chi connectivity index (χ4n) is 14.8. The zero-order chi connectivity index (χ0) is 95.5. The first-order chi connectivity index (χ1) is 62.4. The van der Waals surface area contributed by atoms with Crippen LogP contribution >= 0.6 is 69.6 Å². The summed E-state index contributed by atoms with van der Waals surface area (Å²) in [6, 6.07) is 32.3. The summed E-state index contributed by atoms with van der Waals surface area (Å²) in [7, 11) is -2.23. The molecule has 0 radical (unpaired) electrons. The van der Waals surface area contributed by atoms with E-state index in [0.717, 1.165) is 89.3 Å². The molecule has 0 aliphatic carbocycles. The number of carbonyl (C=O) groups excluding carboxylic acids is 8. The van der Waals surface area contributed by atoms with Crippen molar-refractivity contribution in [2.24, 2.45) is 5.73 Å². The Morgan fingerprint density at radius 3 is 0.962 bits per heavy atom. The van der Waals surface area contributed by atoms with Crippen LogP contribution in [0.3, 0.4) is 0 Å². The van der Waals surface area contributed by atoms with Gasteiger partial charge < -0.3 is 69.2 Å². The Balaban J connectivity index is 0.000000291. The van der Waals surface area contributed by atoms with Gasteiger partial charge in [-0.05, 0) is 177 Å². The maximum Gasteiger partial charge on any atom is 0.347 e. The zero-order valence-corrected chi connectivity index (χ0v) is 80.1. The summed E-state index contributed by atoms with van der Waals surface area (Å²) in [5.74, 6) is -4.74. The third kappa shape index (κ3) is 33.9. The lowest BCUT2D eigenvalue weighted by atomic mass is 9.85. The number of hydrogen-bond acceptors (Lipinski definition) is 28. The van der Waals surface area contributed by atoms with Crippen molar-refractivity contribution < 1.29 is 107 Å². The van der Waals surface area contributed by atoms with Gasteiger partial charge in [0.1, 0.15) is 0 Å². The predicted molar refractivity (Wildman–Crippen MR) is 490 cm³/mol. The average molecular weight is 1990 g/mol. The minimum atomic E-state index is -3.50. The Morgan fingerprint density at radius 2 is 0.685 bits per heavy atom. The van der Waals surface area contributed by atoms with E-state index in [1.165, 1.54) is 11.9 Å². The third-order valence-electron chi connectivity index (χ3n) is 21.0. The van der Waals surface area contributed by atoms with Crippen molar-refractivity contribution in [1.82, 2.24) is 45.3 Å². The molecule has 3 atom stereocenters. The second kappa shape index (κ2) is 53.6. The number of hydroxylamine groups is 4. The van der Waals surface area contributed by atoms with Gasteiger partial charge in [-0.2, -0.15) is 0 Å². The number of rotatable bonds is 45. The van der Waals surface area contributed by atoms with E-state index in [1.807, 2.05) is 75.7 Å². The van der Waals surface area contributed by atoms with Gasteiger partial charge in [-0.1, -0.05) is 106 Å². The largest absolute Gasteiger partial charge is 0.379 e. The molecule has 6 aromatic carbocycles. The van der Waals surface area contributed by atoms with Crippen LogP contribution in [0, 0.1) is 0 Å². The first-order valence-corrected chi connectivity index (χ1v) is 49.2. The lowest BCUT2D eigenvalue weighted by Crippen LogP contribution is -2.42. The molecule has 5 aliphatic heterocycles. The molecule has 2 fully saturated rings. The Labute approximate surface area is 790 Å². The summed E-state index contributed by atoms with van der Waals surface area (Å²) in [6.07, 6.45) is 1.000. The second-order valence-corrected chi connectivity index (χ2v) is 40.3. The van der Waals surface area contributed by atoms with Gasteiger partial charge in [-0.3, -0.25) is 43.0 Å².